The van der Waals surface area contributed by atoms with Crippen molar-refractivity contribution in [2.24, 2.45) is 5.73 Å². The average Bonchev–Trinajstić information content (AvgIpc) is 3.74. The van der Waals surface area contributed by atoms with Gasteiger partial charge in [-0.15, -0.1) is 5.73 Å². The van der Waals surface area contributed by atoms with Gasteiger partial charge < -0.3 is 14.9 Å². The molecule has 1 atom stereocenters. The van der Waals surface area contributed by atoms with Gasteiger partial charge in [-0.3, -0.25) is 5.32 Å². The molecule has 0 radical (unpaired) electrons. The van der Waals surface area contributed by atoms with Crippen molar-refractivity contribution in [2.45, 2.75) is 6.17 Å². The van der Waals surface area contributed by atoms with E-state index >= 15 is 0 Å². The molecule has 1 aliphatic carbocycles. The van der Waals surface area contributed by atoms with Gasteiger partial charge >= 0.3 is 0 Å². The molecule has 196 valence electrons. The van der Waals surface area contributed by atoms with Crippen molar-refractivity contribution >= 4 is 43.6 Å². The number of fused-ring (bicyclic) bond motifs is 6. The molecule has 4 nitrogen and oxygen atoms in total. The van der Waals surface area contributed by atoms with Crippen LogP contribution in [-0.2, 0) is 0 Å². The summed E-state index contributed by atoms with van der Waals surface area (Å²) in [5.41, 5.74) is 18.9. The standard InChI is InChI=1S/C37H28N4/c38-37(39-24-25-10-4-5-11-25)26-18-20-28(21-19-26)41-34-17-9-7-15-30(34)32-22-31-29-14-6-8-16-33(29)40(35(31)23-36(32)41)27-12-2-1-3-13-27/h1-10,12-23,37,39H,24,38H2. The molecule has 0 fully saturated rings. The van der Waals surface area contributed by atoms with E-state index in [4.69, 9.17) is 5.73 Å². The lowest BCUT2D eigenvalue weighted by atomic mass is 10.1. The highest BCUT2D eigenvalue weighted by atomic mass is 15.0. The molecule has 5 aromatic carbocycles. The van der Waals surface area contributed by atoms with Crippen molar-refractivity contribution in [1.82, 2.24) is 14.5 Å². The molecule has 0 saturated heterocycles. The molecule has 0 amide bonds. The van der Waals surface area contributed by atoms with E-state index < -0.39 is 0 Å². The highest BCUT2D eigenvalue weighted by Gasteiger charge is 2.18. The number of aromatic nitrogens is 2. The van der Waals surface area contributed by atoms with E-state index in [1.807, 2.05) is 12.2 Å². The van der Waals surface area contributed by atoms with Crippen LogP contribution in [0.5, 0.6) is 0 Å². The maximum Gasteiger partial charge on any atom is 0.0812 e. The van der Waals surface area contributed by atoms with Gasteiger partial charge in [0.1, 0.15) is 0 Å². The van der Waals surface area contributed by atoms with Crippen molar-refractivity contribution in [3.63, 3.8) is 0 Å². The van der Waals surface area contributed by atoms with Gasteiger partial charge in [-0.05, 0) is 66.2 Å². The quantitative estimate of drug-likeness (QED) is 0.169. The predicted octanol–water partition coefficient (Wildman–Crippen LogP) is 8.08. The van der Waals surface area contributed by atoms with Crippen LogP contribution in [0.25, 0.3) is 55.0 Å². The summed E-state index contributed by atoms with van der Waals surface area (Å²) < 4.78 is 4.75. The first-order valence-corrected chi connectivity index (χ1v) is 14.0. The van der Waals surface area contributed by atoms with Crippen LogP contribution in [0.4, 0.5) is 0 Å². The first kappa shape index (κ1) is 23.7. The van der Waals surface area contributed by atoms with Crippen molar-refractivity contribution < 1.29 is 0 Å². The molecule has 41 heavy (non-hydrogen) atoms. The lowest BCUT2D eigenvalue weighted by Crippen LogP contribution is -2.29. The fraction of sp³-hybridized carbons (Fsp3) is 0.0541. The summed E-state index contributed by atoms with van der Waals surface area (Å²) in [4.78, 5) is 0. The third kappa shape index (κ3) is 3.86. The topological polar surface area (TPSA) is 47.9 Å². The minimum absolute atomic E-state index is 0.258. The van der Waals surface area contributed by atoms with E-state index in [0.29, 0.717) is 6.54 Å². The Morgan fingerprint density at radius 3 is 1.80 bits per heavy atom. The molecule has 8 rings (SSSR count). The SMILES string of the molecule is NC(NCC1=C=CC=C1)c1ccc(-n2c3ccccc3c3cc4c5ccccc5n(-c5ccccc5)c4cc32)cc1. The van der Waals surface area contributed by atoms with Crippen molar-refractivity contribution in [2.75, 3.05) is 6.54 Å². The van der Waals surface area contributed by atoms with E-state index in [9.17, 15) is 0 Å². The molecule has 4 heteroatoms. The molecular weight excluding hydrogens is 500 g/mol. The summed E-state index contributed by atoms with van der Waals surface area (Å²) in [5, 5.41) is 8.42. The first-order valence-electron chi connectivity index (χ1n) is 14.0. The van der Waals surface area contributed by atoms with Crippen molar-refractivity contribution in [1.29, 1.82) is 0 Å². The zero-order valence-electron chi connectivity index (χ0n) is 22.5. The number of nitrogens with two attached hydrogens (primary N) is 1. The van der Waals surface area contributed by atoms with Crippen LogP contribution in [0.3, 0.4) is 0 Å². The van der Waals surface area contributed by atoms with E-state index in [1.54, 1.807) is 0 Å². The summed E-state index contributed by atoms with van der Waals surface area (Å²) in [5.74, 6) is 0. The Balaban J connectivity index is 1.31. The Hall–Kier alpha value is -5.12. The second-order valence-electron chi connectivity index (χ2n) is 10.6. The lowest BCUT2D eigenvalue weighted by Gasteiger charge is -2.15. The van der Waals surface area contributed by atoms with Crippen molar-refractivity contribution in [3.8, 4) is 11.4 Å². The van der Waals surface area contributed by atoms with Crippen LogP contribution in [0.1, 0.15) is 11.7 Å². The number of nitrogens with one attached hydrogen (secondary N) is 1. The van der Waals surface area contributed by atoms with Crippen LogP contribution in [0.15, 0.2) is 145 Å². The average molecular weight is 529 g/mol. The molecule has 2 heterocycles. The van der Waals surface area contributed by atoms with Crippen LogP contribution in [-0.4, -0.2) is 15.7 Å². The molecule has 3 N–H and O–H groups in total. The second kappa shape index (κ2) is 9.51. The Morgan fingerprint density at radius 2 is 1.20 bits per heavy atom. The van der Waals surface area contributed by atoms with Crippen LogP contribution >= 0.6 is 0 Å². The van der Waals surface area contributed by atoms with E-state index in [0.717, 1.165) is 22.5 Å². The number of benzene rings is 5. The fourth-order valence-corrected chi connectivity index (χ4v) is 6.21. The summed E-state index contributed by atoms with van der Waals surface area (Å²) in [6, 6.07) is 41.3. The number of hydrogen-bond acceptors (Lipinski definition) is 2. The van der Waals surface area contributed by atoms with Gasteiger partial charge in [0.15, 0.2) is 0 Å². The Labute approximate surface area is 237 Å². The van der Waals surface area contributed by atoms with Crippen LogP contribution in [0.2, 0.25) is 0 Å². The highest BCUT2D eigenvalue weighted by molar-refractivity contribution is 6.19. The summed E-state index contributed by atoms with van der Waals surface area (Å²) >= 11 is 0. The van der Waals surface area contributed by atoms with Gasteiger partial charge in [0.05, 0.1) is 28.2 Å². The maximum atomic E-state index is 6.50. The molecule has 0 spiro atoms. The Kier molecular flexibility index (Phi) is 5.51. The normalized spacial score (nSPS) is 13.6. The molecule has 0 bridgehead atoms. The third-order valence-electron chi connectivity index (χ3n) is 8.17. The zero-order chi connectivity index (χ0) is 27.3. The molecule has 0 aliphatic heterocycles. The van der Waals surface area contributed by atoms with Crippen LogP contribution < -0.4 is 11.1 Å². The number of allylic oxidation sites excluding steroid dienone is 1. The van der Waals surface area contributed by atoms with Gasteiger partial charge in [-0.25, -0.2) is 0 Å². The lowest BCUT2D eigenvalue weighted by molar-refractivity contribution is 0.585. The van der Waals surface area contributed by atoms with Gasteiger partial charge in [-0.1, -0.05) is 72.8 Å². The Bertz CT molecular complexity index is 2190. The zero-order valence-corrected chi connectivity index (χ0v) is 22.5. The highest BCUT2D eigenvalue weighted by Crippen LogP contribution is 2.39. The molecule has 1 aliphatic rings. The predicted molar refractivity (Wildman–Crippen MR) is 171 cm³/mol. The van der Waals surface area contributed by atoms with Gasteiger partial charge in [0.2, 0.25) is 0 Å². The fourth-order valence-electron chi connectivity index (χ4n) is 6.21. The van der Waals surface area contributed by atoms with E-state index in [-0.39, 0.29) is 6.17 Å². The summed E-state index contributed by atoms with van der Waals surface area (Å²) in [6.45, 7) is 0.689. The van der Waals surface area contributed by atoms with Gasteiger partial charge in [0.25, 0.3) is 0 Å². The minimum atomic E-state index is -0.258. The number of para-hydroxylation sites is 3. The maximum absolute atomic E-state index is 6.50. The van der Waals surface area contributed by atoms with E-state index in [2.05, 4.69) is 142 Å². The number of rotatable bonds is 6. The molecule has 0 saturated carbocycles. The Morgan fingerprint density at radius 1 is 0.610 bits per heavy atom. The summed E-state index contributed by atoms with van der Waals surface area (Å²) in [6.07, 6.45) is 5.72. The third-order valence-corrected chi connectivity index (χ3v) is 8.17. The number of hydrogen-bond donors (Lipinski definition) is 2. The first-order chi connectivity index (χ1) is 20.3. The smallest absolute Gasteiger partial charge is 0.0812 e. The van der Waals surface area contributed by atoms with Gasteiger partial charge in [0, 0.05) is 45.0 Å². The molecule has 2 aromatic heterocycles. The molecular formula is C37H28N4. The number of nitrogens with zero attached hydrogens (tertiary/aromatic N) is 2. The molecule has 1 unspecified atom stereocenters. The summed E-state index contributed by atoms with van der Waals surface area (Å²) in [7, 11) is 0. The van der Waals surface area contributed by atoms with Crippen LogP contribution in [0, 0.1) is 0 Å². The largest absolute Gasteiger partial charge is 0.312 e. The van der Waals surface area contributed by atoms with E-state index in [1.165, 1.54) is 43.6 Å². The minimum Gasteiger partial charge on any atom is -0.312 e. The monoisotopic (exact) mass is 528 g/mol. The molecule has 7 aromatic rings. The van der Waals surface area contributed by atoms with Gasteiger partial charge in [-0.2, -0.15) is 0 Å². The second-order valence-corrected chi connectivity index (χ2v) is 10.6. The van der Waals surface area contributed by atoms with Crippen molar-refractivity contribution in [3.05, 3.63) is 150 Å².